The van der Waals surface area contributed by atoms with Crippen LogP contribution in [0, 0.1) is 5.92 Å². The van der Waals surface area contributed by atoms with E-state index in [2.05, 4.69) is 5.32 Å². The summed E-state index contributed by atoms with van der Waals surface area (Å²) in [5.41, 5.74) is -0.582. The maximum atomic E-state index is 12.2. The highest BCUT2D eigenvalue weighted by molar-refractivity contribution is 7.88. The third kappa shape index (κ3) is 6.22. The van der Waals surface area contributed by atoms with E-state index in [9.17, 15) is 13.2 Å². The molecule has 0 aliphatic carbocycles. The summed E-state index contributed by atoms with van der Waals surface area (Å²) in [6, 6.07) is 0.0950. The lowest BCUT2D eigenvalue weighted by Crippen LogP contribution is -2.48. The van der Waals surface area contributed by atoms with Crippen molar-refractivity contribution in [2.75, 3.05) is 13.3 Å². The van der Waals surface area contributed by atoms with Crippen molar-refractivity contribution in [2.45, 2.75) is 65.5 Å². The third-order valence-electron chi connectivity index (χ3n) is 3.53. The number of hydrogen-bond donors (Lipinski definition) is 1. The Kier molecular flexibility index (Phi) is 7.18. The van der Waals surface area contributed by atoms with Gasteiger partial charge in [0.25, 0.3) is 0 Å². The molecule has 0 aliphatic rings. The van der Waals surface area contributed by atoms with Gasteiger partial charge in [0, 0.05) is 24.5 Å². The number of nitrogens with zero attached hydrogens (tertiary/aromatic N) is 1. The van der Waals surface area contributed by atoms with Gasteiger partial charge in [0.15, 0.2) is 0 Å². The standard InChI is InChI=1S/C14H30N2O3S/c1-8-9-12(13(17)15-11(2)3)10-14(4,5)16(6)20(7,18)19/h11-12H,8-10H2,1-7H3,(H,15,17). The summed E-state index contributed by atoms with van der Waals surface area (Å²) in [6.45, 7) is 9.60. The molecule has 0 saturated heterocycles. The van der Waals surface area contributed by atoms with Crippen LogP contribution in [0.3, 0.4) is 0 Å². The van der Waals surface area contributed by atoms with Crippen molar-refractivity contribution in [3.8, 4) is 0 Å². The zero-order valence-corrected chi connectivity index (χ0v) is 14.7. The average Bonchev–Trinajstić information content (AvgIpc) is 2.25. The summed E-state index contributed by atoms with van der Waals surface area (Å²) in [4.78, 5) is 12.2. The highest BCUT2D eigenvalue weighted by Gasteiger charge is 2.34. The Morgan fingerprint density at radius 2 is 1.80 bits per heavy atom. The van der Waals surface area contributed by atoms with Gasteiger partial charge < -0.3 is 5.32 Å². The van der Waals surface area contributed by atoms with Crippen LogP contribution in [0.5, 0.6) is 0 Å². The zero-order valence-electron chi connectivity index (χ0n) is 13.9. The number of rotatable bonds is 8. The number of amides is 1. The van der Waals surface area contributed by atoms with Crippen molar-refractivity contribution >= 4 is 15.9 Å². The molecule has 0 aliphatic heterocycles. The van der Waals surface area contributed by atoms with Gasteiger partial charge in [-0.1, -0.05) is 13.3 Å². The summed E-state index contributed by atoms with van der Waals surface area (Å²) < 4.78 is 24.7. The molecule has 0 spiro atoms. The molecule has 0 heterocycles. The third-order valence-corrected chi connectivity index (χ3v) is 5.02. The second-order valence-electron chi connectivity index (χ2n) is 6.40. The Bertz CT molecular complexity index is 416. The molecule has 6 heteroatoms. The Morgan fingerprint density at radius 3 is 2.15 bits per heavy atom. The minimum atomic E-state index is -3.27. The van der Waals surface area contributed by atoms with Gasteiger partial charge >= 0.3 is 0 Å². The molecule has 1 unspecified atom stereocenters. The first-order valence-corrected chi connectivity index (χ1v) is 9.01. The molecule has 120 valence electrons. The fourth-order valence-electron chi connectivity index (χ4n) is 2.26. The molecule has 1 atom stereocenters. The van der Waals surface area contributed by atoms with Crippen molar-refractivity contribution < 1.29 is 13.2 Å². The summed E-state index contributed by atoms with van der Waals surface area (Å²) >= 11 is 0. The highest BCUT2D eigenvalue weighted by atomic mass is 32.2. The second-order valence-corrected chi connectivity index (χ2v) is 8.41. The van der Waals surface area contributed by atoms with Crippen LogP contribution < -0.4 is 5.32 Å². The van der Waals surface area contributed by atoms with Crippen molar-refractivity contribution in [3.05, 3.63) is 0 Å². The van der Waals surface area contributed by atoms with Gasteiger partial charge in [-0.2, -0.15) is 4.31 Å². The fourth-order valence-corrected chi connectivity index (χ4v) is 3.23. The van der Waals surface area contributed by atoms with E-state index in [1.165, 1.54) is 10.6 Å². The minimum Gasteiger partial charge on any atom is -0.354 e. The Balaban J connectivity index is 5.02. The molecule has 0 fully saturated rings. The van der Waals surface area contributed by atoms with Crippen LogP contribution in [-0.4, -0.2) is 43.5 Å². The number of carbonyl (C=O) groups excluding carboxylic acids is 1. The molecule has 0 aromatic rings. The predicted octanol–water partition coefficient (Wildman–Crippen LogP) is 1.99. The summed E-state index contributed by atoms with van der Waals surface area (Å²) in [7, 11) is -1.70. The average molecular weight is 306 g/mol. The lowest BCUT2D eigenvalue weighted by molar-refractivity contribution is -0.126. The van der Waals surface area contributed by atoms with Crippen LogP contribution >= 0.6 is 0 Å². The van der Waals surface area contributed by atoms with Gasteiger partial charge in [0.2, 0.25) is 15.9 Å². The first-order valence-electron chi connectivity index (χ1n) is 7.16. The SMILES string of the molecule is CCCC(CC(C)(C)N(C)S(C)(=O)=O)C(=O)NC(C)C. The molecular formula is C14H30N2O3S. The van der Waals surface area contributed by atoms with Gasteiger partial charge in [-0.25, -0.2) is 8.42 Å². The van der Waals surface area contributed by atoms with Gasteiger partial charge in [-0.05, 0) is 40.5 Å². The smallest absolute Gasteiger partial charge is 0.223 e. The highest BCUT2D eigenvalue weighted by Crippen LogP contribution is 2.27. The van der Waals surface area contributed by atoms with Crippen LogP contribution in [0.2, 0.25) is 0 Å². The topological polar surface area (TPSA) is 66.5 Å². The minimum absolute atomic E-state index is 0.0110. The zero-order chi connectivity index (χ0) is 16.1. The Hall–Kier alpha value is -0.620. The molecule has 20 heavy (non-hydrogen) atoms. The monoisotopic (exact) mass is 306 g/mol. The lowest BCUT2D eigenvalue weighted by atomic mass is 9.87. The summed E-state index contributed by atoms with van der Waals surface area (Å²) in [5, 5.41) is 2.92. The van der Waals surface area contributed by atoms with Gasteiger partial charge in [-0.15, -0.1) is 0 Å². The van der Waals surface area contributed by atoms with Crippen LogP contribution in [0.1, 0.15) is 53.9 Å². The summed E-state index contributed by atoms with van der Waals surface area (Å²) in [6.07, 6.45) is 3.37. The number of nitrogens with one attached hydrogen (secondary N) is 1. The first-order chi connectivity index (χ1) is 8.91. The van der Waals surface area contributed by atoms with Crippen molar-refractivity contribution in [1.29, 1.82) is 0 Å². The molecule has 0 aromatic heterocycles. The van der Waals surface area contributed by atoms with Crippen molar-refractivity contribution in [2.24, 2.45) is 5.92 Å². The fraction of sp³-hybridized carbons (Fsp3) is 0.929. The largest absolute Gasteiger partial charge is 0.354 e. The van der Waals surface area contributed by atoms with E-state index < -0.39 is 15.6 Å². The molecular weight excluding hydrogens is 276 g/mol. The molecule has 0 rings (SSSR count). The van der Waals surface area contributed by atoms with Crippen molar-refractivity contribution in [1.82, 2.24) is 9.62 Å². The van der Waals surface area contributed by atoms with E-state index in [4.69, 9.17) is 0 Å². The molecule has 0 saturated carbocycles. The maximum absolute atomic E-state index is 12.2. The van der Waals surface area contributed by atoms with E-state index >= 15 is 0 Å². The molecule has 0 bridgehead atoms. The number of hydrogen-bond acceptors (Lipinski definition) is 3. The van der Waals surface area contributed by atoms with Gasteiger partial charge in [-0.3, -0.25) is 4.79 Å². The van der Waals surface area contributed by atoms with E-state index in [-0.39, 0.29) is 17.9 Å². The lowest BCUT2D eigenvalue weighted by Gasteiger charge is -2.36. The Morgan fingerprint density at radius 1 is 1.30 bits per heavy atom. The molecule has 1 N–H and O–H groups in total. The second kappa shape index (κ2) is 7.41. The van der Waals surface area contributed by atoms with Gasteiger partial charge in [0.05, 0.1) is 6.26 Å². The first kappa shape index (κ1) is 19.4. The van der Waals surface area contributed by atoms with Crippen LogP contribution in [-0.2, 0) is 14.8 Å². The van der Waals surface area contributed by atoms with Crippen molar-refractivity contribution in [3.63, 3.8) is 0 Å². The number of sulfonamides is 1. The Labute approximate surface area is 124 Å². The normalized spacial score (nSPS) is 14.7. The molecule has 0 radical (unpaired) electrons. The van der Waals surface area contributed by atoms with Crippen LogP contribution in [0.15, 0.2) is 0 Å². The molecule has 5 nitrogen and oxygen atoms in total. The summed E-state index contributed by atoms with van der Waals surface area (Å²) in [5.74, 6) is -0.154. The van der Waals surface area contributed by atoms with E-state index in [1.807, 2.05) is 34.6 Å². The molecule has 1 amide bonds. The van der Waals surface area contributed by atoms with E-state index in [1.54, 1.807) is 7.05 Å². The van der Waals surface area contributed by atoms with Crippen LogP contribution in [0.25, 0.3) is 0 Å². The van der Waals surface area contributed by atoms with Gasteiger partial charge in [0.1, 0.15) is 0 Å². The van der Waals surface area contributed by atoms with Crippen LogP contribution in [0.4, 0.5) is 0 Å². The maximum Gasteiger partial charge on any atom is 0.223 e. The quantitative estimate of drug-likeness (QED) is 0.746. The predicted molar refractivity (Wildman–Crippen MR) is 83.0 cm³/mol. The molecule has 0 aromatic carbocycles. The van der Waals surface area contributed by atoms with E-state index in [0.29, 0.717) is 6.42 Å². The number of carbonyl (C=O) groups is 1. The van der Waals surface area contributed by atoms with E-state index in [0.717, 1.165) is 12.8 Å².